The predicted molar refractivity (Wildman–Crippen MR) is 117 cm³/mol. The summed E-state index contributed by atoms with van der Waals surface area (Å²) in [5.41, 5.74) is 1.25. The second-order valence-electron chi connectivity index (χ2n) is 7.48. The van der Waals surface area contributed by atoms with Gasteiger partial charge in [0.25, 0.3) is 0 Å². The minimum atomic E-state index is -1.71. The van der Waals surface area contributed by atoms with Crippen molar-refractivity contribution in [1.82, 2.24) is 24.6 Å². The molecule has 1 aliphatic rings. The molecule has 1 fully saturated rings. The van der Waals surface area contributed by atoms with Gasteiger partial charge in [-0.25, -0.2) is 23.9 Å². The second-order valence-corrected chi connectivity index (χ2v) is 7.48. The van der Waals surface area contributed by atoms with Crippen LogP contribution in [0.1, 0.15) is 6.42 Å². The van der Waals surface area contributed by atoms with Crippen LogP contribution in [0.2, 0.25) is 0 Å². The van der Waals surface area contributed by atoms with Gasteiger partial charge in [-0.3, -0.25) is 4.79 Å². The Labute approximate surface area is 180 Å². The van der Waals surface area contributed by atoms with Crippen LogP contribution in [0.3, 0.4) is 0 Å². The number of hydrogen-bond acceptors (Lipinski definition) is 6. The quantitative estimate of drug-likeness (QED) is 0.483. The van der Waals surface area contributed by atoms with Gasteiger partial charge >= 0.3 is 0 Å². The molecule has 4 aromatic rings. The van der Waals surface area contributed by atoms with Gasteiger partial charge in [0, 0.05) is 34.9 Å². The van der Waals surface area contributed by atoms with Gasteiger partial charge < -0.3 is 10.6 Å². The summed E-state index contributed by atoms with van der Waals surface area (Å²) >= 11 is 0. The van der Waals surface area contributed by atoms with Gasteiger partial charge in [0.15, 0.2) is 11.5 Å². The summed E-state index contributed by atoms with van der Waals surface area (Å²) < 4.78 is 14.9. The number of rotatable bonds is 5. The molecule has 0 aromatic carbocycles. The summed E-state index contributed by atoms with van der Waals surface area (Å²) in [6, 6.07) is 7.16. The van der Waals surface area contributed by atoms with Gasteiger partial charge in [-0.1, -0.05) is 11.3 Å². The second kappa shape index (κ2) is 7.07. The molecule has 0 bridgehead atoms. The molecular formula is C19H13B3FN7O. The number of nitrogens with zero attached hydrogens (tertiary/aromatic N) is 5. The summed E-state index contributed by atoms with van der Waals surface area (Å²) in [4.78, 5) is 25.3. The lowest BCUT2D eigenvalue weighted by Crippen LogP contribution is -2.40. The number of anilines is 2. The summed E-state index contributed by atoms with van der Waals surface area (Å²) in [6.45, 7) is 0. The van der Waals surface area contributed by atoms with Crippen molar-refractivity contribution in [3.63, 3.8) is 0 Å². The number of fused-ring (bicyclic) bond motifs is 2. The fourth-order valence-corrected chi connectivity index (χ4v) is 3.29. The number of halogens is 1. The molecule has 2 N–H and O–H groups in total. The molecule has 31 heavy (non-hydrogen) atoms. The SMILES string of the molecule is [B]C([B])([B])Nc1ncc(-c2nc3ccccn3n2)c2cc(NC(=O)[C@H]3C[C@H]3F)ncc12. The lowest BCUT2D eigenvalue weighted by Gasteiger charge is -2.24. The molecular weight excluding hydrogens is 394 g/mol. The fraction of sp³-hybridized carbons (Fsp3) is 0.211. The maximum absolute atomic E-state index is 13.2. The third-order valence-corrected chi connectivity index (χ3v) is 4.89. The molecule has 5 rings (SSSR count). The smallest absolute Gasteiger partial charge is 0.231 e. The Hall–Kier alpha value is -3.43. The van der Waals surface area contributed by atoms with Crippen molar-refractivity contribution in [3.8, 4) is 11.4 Å². The summed E-state index contributed by atoms with van der Waals surface area (Å²) in [6.07, 6.45) is 3.93. The Bertz CT molecular complexity index is 1290. The van der Waals surface area contributed by atoms with Crippen LogP contribution in [-0.4, -0.2) is 65.4 Å². The largest absolute Gasteiger partial charge is 0.389 e. The summed E-state index contributed by atoms with van der Waals surface area (Å²) in [7, 11) is 17.0. The maximum atomic E-state index is 13.2. The third-order valence-electron chi connectivity index (χ3n) is 4.89. The molecule has 146 valence electrons. The highest BCUT2D eigenvalue weighted by Crippen LogP contribution is 2.36. The first-order valence-corrected chi connectivity index (χ1v) is 9.49. The van der Waals surface area contributed by atoms with Gasteiger partial charge in [0.2, 0.25) is 5.91 Å². The van der Waals surface area contributed by atoms with Gasteiger partial charge in [-0.2, -0.15) is 0 Å². The normalized spacial score (nSPS) is 18.2. The zero-order valence-electron chi connectivity index (χ0n) is 16.2. The van der Waals surface area contributed by atoms with Crippen LogP contribution >= 0.6 is 0 Å². The van der Waals surface area contributed by atoms with Gasteiger partial charge in [-0.15, -0.1) is 5.10 Å². The van der Waals surface area contributed by atoms with E-state index < -0.39 is 23.2 Å². The Morgan fingerprint density at radius 2 is 2.00 bits per heavy atom. The van der Waals surface area contributed by atoms with Crippen LogP contribution in [0.25, 0.3) is 27.8 Å². The van der Waals surface area contributed by atoms with Crippen molar-refractivity contribution in [2.24, 2.45) is 5.92 Å². The third kappa shape index (κ3) is 3.85. The van der Waals surface area contributed by atoms with E-state index in [-0.39, 0.29) is 12.2 Å². The summed E-state index contributed by atoms with van der Waals surface area (Å²) in [5.74, 6) is -0.0722. The van der Waals surface area contributed by atoms with E-state index in [1.54, 1.807) is 23.0 Å². The highest BCUT2D eigenvalue weighted by atomic mass is 19.1. The first kappa shape index (κ1) is 19.5. The lowest BCUT2D eigenvalue weighted by atomic mass is 9.49. The van der Waals surface area contributed by atoms with E-state index in [9.17, 15) is 9.18 Å². The Balaban J connectivity index is 1.63. The number of alkyl halides is 1. The topological polar surface area (TPSA) is 97.1 Å². The average Bonchev–Trinajstić information content (AvgIpc) is 3.29. The number of hydrogen-bond donors (Lipinski definition) is 2. The number of carbonyl (C=O) groups is 1. The van der Waals surface area contributed by atoms with Crippen LogP contribution < -0.4 is 10.6 Å². The number of aromatic nitrogens is 5. The van der Waals surface area contributed by atoms with Gasteiger partial charge in [-0.05, 0) is 24.6 Å². The average molecular weight is 407 g/mol. The van der Waals surface area contributed by atoms with Crippen LogP contribution in [0.5, 0.6) is 0 Å². The van der Waals surface area contributed by atoms with Crippen LogP contribution in [-0.2, 0) is 4.79 Å². The number of nitrogens with one attached hydrogen (secondary N) is 2. The van der Waals surface area contributed by atoms with E-state index in [0.29, 0.717) is 33.6 Å². The molecule has 4 aromatic heterocycles. The Morgan fingerprint density at radius 3 is 2.71 bits per heavy atom. The van der Waals surface area contributed by atoms with Crippen molar-refractivity contribution in [3.05, 3.63) is 42.9 Å². The molecule has 1 aliphatic carbocycles. The van der Waals surface area contributed by atoms with E-state index in [2.05, 4.69) is 30.7 Å². The van der Waals surface area contributed by atoms with E-state index in [4.69, 9.17) is 23.5 Å². The van der Waals surface area contributed by atoms with Gasteiger partial charge in [0.05, 0.1) is 29.5 Å². The van der Waals surface area contributed by atoms with Crippen molar-refractivity contribution in [1.29, 1.82) is 0 Å². The van der Waals surface area contributed by atoms with Crippen LogP contribution in [0, 0.1) is 5.92 Å². The molecule has 0 spiro atoms. The van der Waals surface area contributed by atoms with Crippen LogP contribution in [0.4, 0.5) is 16.0 Å². The molecule has 6 radical (unpaired) electrons. The van der Waals surface area contributed by atoms with Crippen molar-refractivity contribution in [2.45, 2.75) is 17.8 Å². The minimum Gasteiger partial charge on any atom is -0.389 e. The van der Waals surface area contributed by atoms with Crippen molar-refractivity contribution < 1.29 is 9.18 Å². The maximum Gasteiger partial charge on any atom is 0.231 e. The molecule has 2 atom stereocenters. The fourth-order valence-electron chi connectivity index (χ4n) is 3.29. The highest BCUT2D eigenvalue weighted by molar-refractivity contribution is 6.60. The predicted octanol–water partition coefficient (Wildman–Crippen LogP) is 1.16. The minimum absolute atomic E-state index is 0.222. The highest BCUT2D eigenvalue weighted by Gasteiger charge is 2.43. The lowest BCUT2D eigenvalue weighted by molar-refractivity contribution is -0.117. The molecule has 0 aliphatic heterocycles. The molecule has 1 amide bonds. The molecule has 0 saturated heterocycles. The number of carbonyl (C=O) groups excluding carboxylic acids is 1. The van der Waals surface area contributed by atoms with Gasteiger partial charge in [0.1, 0.15) is 17.8 Å². The van der Waals surface area contributed by atoms with Crippen molar-refractivity contribution in [2.75, 3.05) is 10.6 Å². The van der Waals surface area contributed by atoms with E-state index >= 15 is 0 Å². The number of amides is 1. The van der Waals surface area contributed by atoms with E-state index in [1.807, 2.05) is 18.2 Å². The molecule has 1 saturated carbocycles. The summed E-state index contributed by atoms with van der Waals surface area (Å²) in [5, 5.41) is 9.31. The Morgan fingerprint density at radius 1 is 1.19 bits per heavy atom. The zero-order valence-corrected chi connectivity index (χ0v) is 16.2. The standard InChI is InChI=1S/C19H13B3FN7O/c20-19(21,22)28-16-11-7-24-14(26-18(31)10-5-13(10)23)6-9(11)12(8-25-16)17-27-15-3-1-2-4-30(15)29-17/h1-4,6-8,10,13H,5H2,(H,25,28)(H,24,26,31)/t10-,13+/m0/s1. The van der Waals surface area contributed by atoms with E-state index in [1.165, 1.54) is 6.20 Å². The molecule has 12 heteroatoms. The first-order valence-electron chi connectivity index (χ1n) is 9.49. The molecule has 8 nitrogen and oxygen atoms in total. The molecule has 0 unspecified atom stereocenters. The van der Waals surface area contributed by atoms with Crippen molar-refractivity contribution >= 4 is 57.5 Å². The van der Waals surface area contributed by atoms with E-state index in [0.717, 1.165) is 0 Å². The Kier molecular flexibility index (Phi) is 4.46. The number of pyridine rings is 3. The monoisotopic (exact) mass is 407 g/mol. The first-order chi connectivity index (χ1) is 14.8. The molecule has 4 heterocycles. The zero-order chi connectivity index (χ0) is 21.8. The van der Waals surface area contributed by atoms with Crippen LogP contribution in [0.15, 0.2) is 42.9 Å².